The number of rotatable bonds is 9. The number of likely N-dealkylation sites (tertiary alicyclic amines) is 1. The molecule has 0 radical (unpaired) electrons. The molecule has 1 heterocycles. The minimum absolute atomic E-state index is 0.834. The molecule has 0 bridgehead atoms. The number of benzene rings is 1. The molecule has 0 spiro atoms. The normalized spacial score (nSPS) is 13.8. The van der Waals surface area contributed by atoms with Crippen LogP contribution < -0.4 is 0 Å². The van der Waals surface area contributed by atoms with E-state index in [0.29, 0.717) is 0 Å². The van der Waals surface area contributed by atoms with Gasteiger partial charge in [-0.2, -0.15) is 0 Å². The van der Waals surface area contributed by atoms with Gasteiger partial charge in [-0.05, 0) is 0 Å². The fraction of sp³-hybridized carbons (Fsp3) is 0.538. The Bertz CT molecular complexity index is 635. The van der Waals surface area contributed by atoms with E-state index in [1.807, 2.05) is 68.2 Å². The van der Waals surface area contributed by atoms with Crippen molar-refractivity contribution in [1.82, 2.24) is 4.90 Å². The van der Waals surface area contributed by atoms with Crippen LogP contribution in [0.4, 0.5) is 0 Å². The van der Waals surface area contributed by atoms with Gasteiger partial charge in [0.25, 0.3) is 0 Å². The third-order valence-electron chi connectivity index (χ3n) is 4.21. The standard InChI is InChI=1S/C13H20B10N2/c14-15-16-17-18-19-20-21-22-23-24-8-7-12-3-5-13(6-4-12)11-25-9-1-2-10-25/h3-6H,1-2,7-11,14H2. The summed E-state index contributed by atoms with van der Waals surface area (Å²) in [5.74, 6) is 0. The van der Waals surface area contributed by atoms with Crippen molar-refractivity contribution in [3.8, 4) is 0 Å². The molecule has 112 valence electrons. The summed E-state index contributed by atoms with van der Waals surface area (Å²) in [7, 11) is 2.01. The molecule has 2 nitrogen and oxygen atoms in total. The Hall–Kier alpha value is -0.371. The van der Waals surface area contributed by atoms with Crippen LogP contribution >= 0.6 is 0 Å². The van der Waals surface area contributed by atoms with Crippen molar-refractivity contribution in [1.29, 1.82) is 0 Å². The Balaban J connectivity index is 1.63. The first-order valence-corrected chi connectivity index (χ1v) is 9.30. The molecule has 0 amide bonds. The monoisotopic (exact) mass is 314 g/mol. The molecule has 1 saturated heterocycles. The van der Waals surface area contributed by atoms with E-state index in [4.69, 9.17) is 0 Å². The summed E-state index contributed by atoms with van der Waals surface area (Å²) in [4.78, 5) is 6.97. The van der Waals surface area contributed by atoms with Crippen LogP contribution in [0.5, 0.6) is 0 Å². The topological polar surface area (TPSA) is 15.6 Å². The van der Waals surface area contributed by atoms with E-state index in [0.717, 1.165) is 19.5 Å². The molecule has 2 rings (SSSR count). The average Bonchev–Trinajstić information content (AvgIpc) is 3.14. The predicted octanol–water partition coefficient (Wildman–Crippen LogP) is -1.79. The zero-order valence-electron chi connectivity index (χ0n) is 15.3. The second-order valence-electron chi connectivity index (χ2n) is 6.29. The summed E-state index contributed by atoms with van der Waals surface area (Å²) in [6.07, 6.45) is 3.71. The Kier molecular flexibility index (Phi) is 11.5. The molecular weight excluding hydrogens is 292 g/mol. The summed E-state index contributed by atoms with van der Waals surface area (Å²) in [6, 6.07) is 9.03. The van der Waals surface area contributed by atoms with Crippen molar-refractivity contribution >= 4 is 68.2 Å². The summed E-state index contributed by atoms with van der Waals surface area (Å²) in [5.41, 5.74) is 2.78. The van der Waals surface area contributed by atoms with Gasteiger partial charge in [0.1, 0.15) is 0 Å². The molecule has 0 saturated carbocycles. The van der Waals surface area contributed by atoms with Crippen LogP contribution in [-0.2, 0) is 13.0 Å². The SMILES string of the molecule is BB=BB=BB=BB=BB=NCCc1ccc(CN2CCCC2)cc1. The quantitative estimate of drug-likeness (QED) is 0.492. The van der Waals surface area contributed by atoms with Gasteiger partial charge in [-0.25, -0.2) is 0 Å². The fourth-order valence-corrected chi connectivity index (χ4v) is 2.82. The summed E-state index contributed by atoms with van der Waals surface area (Å²) in [5, 5.41) is 0. The molecule has 1 fully saturated rings. The van der Waals surface area contributed by atoms with Crippen LogP contribution in [0.15, 0.2) is 29.2 Å². The summed E-state index contributed by atoms with van der Waals surface area (Å²) < 4.78 is 0. The van der Waals surface area contributed by atoms with E-state index in [1.54, 1.807) is 0 Å². The van der Waals surface area contributed by atoms with E-state index < -0.39 is 0 Å². The zero-order chi connectivity index (χ0) is 17.6. The zero-order valence-corrected chi connectivity index (χ0v) is 15.3. The van der Waals surface area contributed by atoms with Gasteiger partial charge < -0.3 is 0 Å². The van der Waals surface area contributed by atoms with E-state index in [1.165, 1.54) is 37.1 Å². The third-order valence-corrected chi connectivity index (χ3v) is 4.21. The number of hydrogen-bond donors (Lipinski definition) is 0. The maximum atomic E-state index is 4.44. The van der Waals surface area contributed by atoms with Gasteiger partial charge >= 0.3 is 159 Å². The number of hydrogen-bond acceptors (Lipinski definition) is 2. The molecule has 1 aliphatic rings. The molecule has 1 aromatic rings. The average molecular weight is 312 g/mol. The minimum atomic E-state index is 0.834. The Morgan fingerprint density at radius 1 is 0.840 bits per heavy atom. The molecule has 0 N–H and O–H groups in total. The van der Waals surface area contributed by atoms with Crippen LogP contribution in [0, 0.1) is 0 Å². The molecule has 1 aliphatic heterocycles. The first kappa shape index (κ1) is 20.9. The molecule has 0 unspecified atom stereocenters. The van der Waals surface area contributed by atoms with Gasteiger partial charge in [0, 0.05) is 0 Å². The summed E-state index contributed by atoms with van der Waals surface area (Å²) in [6.45, 7) is 22.3. The van der Waals surface area contributed by atoms with E-state index >= 15 is 0 Å². The third kappa shape index (κ3) is 9.77. The first-order valence-electron chi connectivity index (χ1n) is 9.30. The second-order valence-corrected chi connectivity index (χ2v) is 6.29. The van der Waals surface area contributed by atoms with Crippen LogP contribution in [0.3, 0.4) is 0 Å². The summed E-state index contributed by atoms with van der Waals surface area (Å²) >= 11 is 0. The Morgan fingerprint density at radius 3 is 2.12 bits per heavy atom. The van der Waals surface area contributed by atoms with E-state index in [-0.39, 0.29) is 0 Å². The van der Waals surface area contributed by atoms with Crippen molar-refractivity contribution in [3.05, 3.63) is 35.4 Å². The molecule has 0 aromatic heterocycles. The van der Waals surface area contributed by atoms with E-state index in [9.17, 15) is 0 Å². The van der Waals surface area contributed by atoms with Crippen molar-refractivity contribution in [2.75, 3.05) is 19.6 Å². The Labute approximate surface area is 159 Å². The molecule has 0 atom stereocenters. The molecule has 1 aromatic carbocycles. The molecule has 0 aliphatic carbocycles. The van der Waals surface area contributed by atoms with Crippen LogP contribution in [0.25, 0.3) is 0 Å². The van der Waals surface area contributed by atoms with Gasteiger partial charge in [-0.3, -0.25) is 0 Å². The van der Waals surface area contributed by atoms with Crippen LogP contribution in [0.1, 0.15) is 24.0 Å². The maximum absolute atomic E-state index is 4.44. The molecular formula is C13H20B10N2. The fourth-order valence-electron chi connectivity index (χ4n) is 2.82. The van der Waals surface area contributed by atoms with Crippen molar-refractivity contribution < 1.29 is 0 Å². The van der Waals surface area contributed by atoms with Gasteiger partial charge in [0.05, 0.1) is 0 Å². The van der Waals surface area contributed by atoms with Crippen LogP contribution in [0.2, 0.25) is 0 Å². The van der Waals surface area contributed by atoms with Gasteiger partial charge in [0.2, 0.25) is 0 Å². The van der Waals surface area contributed by atoms with Crippen LogP contribution in [-0.4, -0.2) is 92.8 Å². The van der Waals surface area contributed by atoms with Crippen molar-refractivity contribution in [2.45, 2.75) is 25.8 Å². The second kappa shape index (κ2) is 13.8. The van der Waals surface area contributed by atoms with Gasteiger partial charge in [-0.1, -0.05) is 0 Å². The van der Waals surface area contributed by atoms with Crippen molar-refractivity contribution in [2.24, 2.45) is 4.90 Å². The Morgan fingerprint density at radius 2 is 1.44 bits per heavy atom. The first-order chi connectivity index (χ1) is 12.4. The van der Waals surface area contributed by atoms with E-state index in [2.05, 4.69) is 34.1 Å². The van der Waals surface area contributed by atoms with Crippen molar-refractivity contribution in [3.63, 3.8) is 0 Å². The molecule has 12 heteroatoms. The number of nitrogens with zero attached hydrogens (tertiary/aromatic N) is 2. The predicted molar refractivity (Wildman–Crippen MR) is 122 cm³/mol. The van der Waals surface area contributed by atoms with Gasteiger partial charge in [-0.15, -0.1) is 0 Å². The van der Waals surface area contributed by atoms with Gasteiger partial charge in [0.15, 0.2) is 0 Å². The molecule has 25 heavy (non-hydrogen) atoms.